The van der Waals surface area contributed by atoms with Crippen molar-refractivity contribution in [1.29, 1.82) is 0 Å². The molecule has 1 unspecified atom stereocenters. The molecule has 2 aromatic carbocycles. The molecule has 4 rings (SSSR count). The number of halogens is 2. The van der Waals surface area contributed by atoms with Crippen LogP contribution in [-0.4, -0.2) is 22.6 Å². The summed E-state index contributed by atoms with van der Waals surface area (Å²) in [6.07, 6.45) is 0.287. The molecule has 1 saturated heterocycles. The van der Waals surface area contributed by atoms with Crippen molar-refractivity contribution in [3.63, 3.8) is 0 Å². The number of anilines is 1. The Labute approximate surface area is 159 Å². The van der Waals surface area contributed by atoms with Gasteiger partial charge in [-0.05, 0) is 36.4 Å². The van der Waals surface area contributed by atoms with Gasteiger partial charge in [-0.2, -0.15) is 4.98 Å². The Morgan fingerprint density at radius 1 is 1.26 bits per heavy atom. The van der Waals surface area contributed by atoms with Crippen LogP contribution >= 0.6 is 11.6 Å². The van der Waals surface area contributed by atoms with Gasteiger partial charge in [0.1, 0.15) is 11.6 Å². The van der Waals surface area contributed by atoms with Gasteiger partial charge in [0.25, 0.3) is 0 Å². The summed E-state index contributed by atoms with van der Waals surface area (Å²) in [4.78, 5) is 18.3. The number of benzene rings is 2. The molecule has 0 N–H and O–H groups in total. The highest BCUT2D eigenvalue weighted by Crippen LogP contribution is 2.31. The van der Waals surface area contributed by atoms with Gasteiger partial charge in [0, 0.05) is 29.7 Å². The Bertz CT molecular complexity index is 961. The first kappa shape index (κ1) is 17.5. The van der Waals surface area contributed by atoms with Crippen molar-refractivity contribution < 1.29 is 18.4 Å². The number of rotatable bonds is 5. The lowest BCUT2D eigenvalue weighted by atomic mass is 10.1. The zero-order chi connectivity index (χ0) is 18.8. The maximum absolute atomic E-state index is 13.2. The minimum absolute atomic E-state index is 0.0157. The molecule has 8 heteroatoms. The fraction of sp³-hybridized carbons (Fsp3) is 0.211. The number of aromatic nitrogens is 2. The summed E-state index contributed by atoms with van der Waals surface area (Å²) in [6, 6.07) is 12.9. The molecular formula is C19H15ClFN3O3. The molecule has 3 aromatic rings. The molecule has 1 amide bonds. The average Bonchev–Trinajstić information content (AvgIpc) is 3.27. The van der Waals surface area contributed by atoms with Gasteiger partial charge in [0.05, 0.1) is 5.92 Å². The highest BCUT2D eigenvalue weighted by Gasteiger charge is 2.35. The zero-order valence-corrected chi connectivity index (χ0v) is 14.9. The Hall–Kier alpha value is -2.93. The summed E-state index contributed by atoms with van der Waals surface area (Å²) in [6.45, 7) is 0.501. The maximum atomic E-state index is 13.2. The topological polar surface area (TPSA) is 68.5 Å². The minimum atomic E-state index is -0.381. The molecule has 0 aliphatic carbocycles. The highest BCUT2D eigenvalue weighted by atomic mass is 35.5. The summed E-state index contributed by atoms with van der Waals surface area (Å²) < 4.78 is 23.9. The lowest BCUT2D eigenvalue weighted by molar-refractivity contribution is -0.117. The number of nitrogens with zero attached hydrogens (tertiary/aromatic N) is 3. The van der Waals surface area contributed by atoms with E-state index in [0.29, 0.717) is 29.0 Å². The van der Waals surface area contributed by atoms with Crippen LogP contribution in [-0.2, 0) is 11.4 Å². The summed E-state index contributed by atoms with van der Waals surface area (Å²) >= 11 is 5.90. The van der Waals surface area contributed by atoms with E-state index in [0.717, 1.165) is 5.69 Å². The molecule has 138 valence electrons. The first-order valence-corrected chi connectivity index (χ1v) is 8.73. The van der Waals surface area contributed by atoms with Crippen molar-refractivity contribution in [2.45, 2.75) is 18.9 Å². The van der Waals surface area contributed by atoms with Gasteiger partial charge in [-0.3, -0.25) is 4.79 Å². The van der Waals surface area contributed by atoms with Crippen LogP contribution in [0.5, 0.6) is 5.75 Å². The minimum Gasteiger partial charge on any atom is -0.485 e. The standard InChI is InChI=1S/C19H15ClFN3O3/c20-13-4-6-15(7-5-13)24-10-12(8-18(24)25)19-22-17(23-27-19)11-26-16-3-1-2-14(21)9-16/h1-7,9,12H,8,10-11H2. The second-order valence-corrected chi connectivity index (χ2v) is 6.61. The molecule has 0 spiro atoms. The lowest BCUT2D eigenvalue weighted by Crippen LogP contribution is -2.24. The van der Waals surface area contributed by atoms with Crippen molar-refractivity contribution in [2.24, 2.45) is 0 Å². The molecule has 6 nitrogen and oxygen atoms in total. The van der Waals surface area contributed by atoms with Gasteiger partial charge in [0.15, 0.2) is 6.61 Å². The zero-order valence-electron chi connectivity index (χ0n) is 14.1. The van der Waals surface area contributed by atoms with E-state index in [2.05, 4.69) is 10.1 Å². The van der Waals surface area contributed by atoms with Crippen LogP contribution in [0.4, 0.5) is 10.1 Å². The average molecular weight is 388 g/mol. The lowest BCUT2D eigenvalue weighted by Gasteiger charge is -2.15. The van der Waals surface area contributed by atoms with E-state index < -0.39 is 0 Å². The van der Waals surface area contributed by atoms with Crippen molar-refractivity contribution >= 4 is 23.2 Å². The fourth-order valence-electron chi connectivity index (χ4n) is 2.94. The smallest absolute Gasteiger partial charge is 0.232 e. The molecule has 2 heterocycles. The van der Waals surface area contributed by atoms with Crippen LogP contribution in [0.15, 0.2) is 53.1 Å². The molecule has 0 bridgehead atoms. The van der Waals surface area contributed by atoms with Crippen LogP contribution in [0.25, 0.3) is 0 Å². The van der Waals surface area contributed by atoms with Crippen LogP contribution in [0.3, 0.4) is 0 Å². The predicted octanol–water partition coefficient (Wildman–Crippen LogP) is 3.96. The third-order valence-corrected chi connectivity index (χ3v) is 4.51. The van der Waals surface area contributed by atoms with Crippen molar-refractivity contribution in [1.82, 2.24) is 10.1 Å². The summed E-state index contributed by atoms with van der Waals surface area (Å²) in [7, 11) is 0. The molecule has 1 fully saturated rings. The molecule has 1 aliphatic heterocycles. The Morgan fingerprint density at radius 2 is 2.07 bits per heavy atom. The number of hydrogen-bond acceptors (Lipinski definition) is 5. The van der Waals surface area contributed by atoms with E-state index in [1.165, 1.54) is 12.1 Å². The first-order valence-electron chi connectivity index (χ1n) is 8.35. The van der Waals surface area contributed by atoms with E-state index >= 15 is 0 Å². The number of carbonyl (C=O) groups excluding carboxylic acids is 1. The summed E-state index contributed by atoms with van der Waals surface area (Å²) in [5.74, 6) is 0.519. The van der Waals surface area contributed by atoms with Crippen molar-refractivity contribution in [3.05, 3.63) is 71.1 Å². The van der Waals surface area contributed by atoms with E-state index in [9.17, 15) is 9.18 Å². The highest BCUT2D eigenvalue weighted by molar-refractivity contribution is 6.30. The quantitative estimate of drug-likeness (QED) is 0.662. The first-order chi connectivity index (χ1) is 13.1. The van der Waals surface area contributed by atoms with E-state index in [1.54, 1.807) is 41.3 Å². The van der Waals surface area contributed by atoms with Gasteiger partial charge < -0.3 is 14.2 Å². The third kappa shape index (κ3) is 3.93. The largest absolute Gasteiger partial charge is 0.485 e. The number of amides is 1. The van der Waals surface area contributed by atoms with Crippen LogP contribution < -0.4 is 9.64 Å². The molecule has 1 atom stereocenters. The van der Waals surface area contributed by atoms with Gasteiger partial charge in [0.2, 0.25) is 17.6 Å². The Kier molecular flexibility index (Phi) is 4.77. The molecule has 0 saturated carbocycles. The van der Waals surface area contributed by atoms with Crippen molar-refractivity contribution in [3.8, 4) is 5.75 Å². The summed E-state index contributed by atoms with van der Waals surface area (Å²) in [5, 5.41) is 4.49. The van der Waals surface area contributed by atoms with Crippen molar-refractivity contribution in [2.75, 3.05) is 11.4 Å². The molecule has 27 heavy (non-hydrogen) atoms. The van der Waals surface area contributed by atoms with Gasteiger partial charge >= 0.3 is 0 Å². The second-order valence-electron chi connectivity index (χ2n) is 6.18. The third-order valence-electron chi connectivity index (χ3n) is 4.26. The van der Waals surface area contributed by atoms with Crippen LogP contribution in [0.1, 0.15) is 24.1 Å². The number of ether oxygens (including phenoxy) is 1. The van der Waals surface area contributed by atoms with E-state index in [-0.39, 0.29) is 30.7 Å². The predicted molar refractivity (Wildman–Crippen MR) is 96.2 cm³/mol. The van der Waals surface area contributed by atoms with Crippen LogP contribution in [0.2, 0.25) is 5.02 Å². The molecule has 1 aliphatic rings. The van der Waals surface area contributed by atoms with Gasteiger partial charge in [-0.15, -0.1) is 0 Å². The Balaban J connectivity index is 1.41. The van der Waals surface area contributed by atoms with E-state index in [4.69, 9.17) is 20.9 Å². The normalized spacial score (nSPS) is 16.7. The van der Waals surface area contributed by atoms with Crippen LogP contribution in [0, 0.1) is 5.82 Å². The van der Waals surface area contributed by atoms with Gasteiger partial charge in [-0.1, -0.05) is 22.8 Å². The summed E-state index contributed by atoms with van der Waals surface area (Å²) in [5.41, 5.74) is 0.779. The SMILES string of the molecule is O=C1CC(c2nc(COc3cccc(F)c3)no2)CN1c1ccc(Cl)cc1. The van der Waals surface area contributed by atoms with E-state index in [1.807, 2.05) is 0 Å². The molecule has 1 aromatic heterocycles. The fourth-order valence-corrected chi connectivity index (χ4v) is 3.07. The molecular weight excluding hydrogens is 373 g/mol. The molecule has 0 radical (unpaired) electrons. The Morgan fingerprint density at radius 3 is 2.85 bits per heavy atom. The number of carbonyl (C=O) groups is 1. The maximum Gasteiger partial charge on any atom is 0.232 e. The van der Waals surface area contributed by atoms with Gasteiger partial charge in [-0.25, -0.2) is 4.39 Å². The number of hydrogen-bond donors (Lipinski definition) is 0. The second kappa shape index (κ2) is 7.36. The monoisotopic (exact) mass is 387 g/mol.